The third-order valence-electron chi connectivity index (χ3n) is 2.54. The second-order valence-corrected chi connectivity index (χ2v) is 4.69. The van der Waals surface area contributed by atoms with Crippen LogP contribution in [-0.2, 0) is 6.54 Å². The molecule has 0 saturated heterocycles. The zero-order valence-corrected chi connectivity index (χ0v) is 12.3. The van der Waals surface area contributed by atoms with Gasteiger partial charge in [-0.15, -0.1) is 0 Å². The van der Waals surface area contributed by atoms with Crippen LogP contribution in [0.5, 0.6) is 11.5 Å². The van der Waals surface area contributed by atoms with Gasteiger partial charge in [-0.25, -0.2) is 0 Å². The zero-order valence-electron chi connectivity index (χ0n) is 10.7. The van der Waals surface area contributed by atoms with E-state index in [1.54, 1.807) is 7.11 Å². The van der Waals surface area contributed by atoms with Gasteiger partial charge in [-0.3, -0.25) is 0 Å². The molecule has 0 saturated carbocycles. The number of halogens is 1. The molecule has 0 radical (unpaired) electrons. The first kappa shape index (κ1) is 14.0. The Kier molecular flexibility index (Phi) is 5.30. The number of ether oxygens (including phenoxy) is 2. The minimum atomic E-state index is 0.605. The van der Waals surface area contributed by atoms with Gasteiger partial charge in [0, 0.05) is 6.54 Å². The highest BCUT2D eigenvalue weighted by molar-refractivity contribution is 9.10. The van der Waals surface area contributed by atoms with Crippen LogP contribution in [0.4, 0.5) is 0 Å². The fourth-order valence-corrected chi connectivity index (χ4v) is 1.91. The minimum Gasteiger partial charge on any atom is -0.497 e. The number of furan rings is 1. The Bertz CT molecular complexity index is 496. The lowest BCUT2D eigenvalue weighted by Crippen LogP contribution is -2.20. The van der Waals surface area contributed by atoms with E-state index in [4.69, 9.17) is 13.9 Å². The Hall–Kier alpha value is -1.46. The van der Waals surface area contributed by atoms with Crippen LogP contribution in [0.25, 0.3) is 0 Å². The van der Waals surface area contributed by atoms with Gasteiger partial charge in [0.1, 0.15) is 23.9 Å². The summed E-state index contributed by atoms with van der Waals surface area (Å²) < 4.78 is 16.8. The average molecular weight is 326 g/mol. The molecule has 0 fully saturated rings. The summed E-state index contributed by atoms with van der Waals surface area (Å²) >= 11 is 3.27. The van der Waals surface area contributed by atoms with Crippen LogP contribution in [0, 0.1) is 0 Å². The summed E-state index contributed by atoms with van der Waals surface area (Å²) in [6.45, 7) is 2.05. The molecule has 2 rings (SSSR count). The van der Waals surface area contributed by atoms with Crippen molar-refractivity contribution < 1.29 is 13.9 Å². The molecule has 1 heterocycles. The highest BCUT2D eigenvalue weighted by Crippen LogP contribution is 2.16. The number of hydrogen-bond acceptors (Lipinski definition) is 4. The molecule has 0 bridgehead atoms. The van der Waals surface area contributed by atoms with Crippen molar-refractivity contribution in [3.63, 3.8) is 0 Å². The third kappa shape index (κ3) is 4.61. The first-order valence-corrected chi connectivity index (χ1v) is 6.79. The molecule has 0 unspecified atom stereocenters. The monoisotopic (exact) mass is 325 g/mol. The molecule has 0 aliphatic heterocycles. The Balaban J connectivity index is 1.63. The molecule has 0 spiro atoms. The van der Waals surface area contributed by atoms with Gasteiger partial charge in [0.05, 0.1) is 13.7 Å². The van der Waals surface area contributed by atoms with Crippen molar-refractivity contribution in [1.29, 1.82) is 0 Å². The summed E-state index contributed by atoms with van der Waals surface area (Å²) in [4.78, 5) is 0. The zero-order chi connectivity index (χ0) is 13.5. The van der Waals surface area contributed by atoms with E-state index in [2.05, 4.69) is 21.2 Å². The quantitative estimate of drug-likeness (QED) is 0.794. The molecule has 5 heteroatoms. The van der Waals surface area contributed by atoms with Crippen molar-refractivity contribution in [3.8, 4) is 11.5 Å². The summed E-state index contributed by atoms with van der Waals surface area (Å²) in [5.74, 6) is 2.56. The molecule has 2 aromatic rings. The van der Waals surface area contributed by atoms with E-state index < -0.39 is 0 Å². The minimum absolute atomic E-state index is 0.605. The SMILES string of the molecule is COc1ccc(OCCNCc2ccc(Br)o2)cc1. The van der Waals surface area contributed by atoms with Crippen molar-refractivity contribution in [2.24, 2.45) is 0 Å². The maximum absolute atomic E-state index is 5.59. The van der Waals surface area contributed by atoms with Gasteiger partial charge in [0.25, 0.3) is 0 Å². The molecule has 1 N–H and O–H groups in total. The van der Waals surface area contributed by atoms with Gasteiger partial charge in [0.15, 0.2) is 4.67 Å². The fraction of sp³-hybridized carbons (Fsp3) is 0.286. The van der Waals surface area contributed by atoms with Gasteiger partial charge < -0.3 is 19.2 Å². The van der Waals surface area contributed by atoms with Crippen molar-refractivity contribution in [1.82, 2.24) is 5.32 Å². The summed E-state index contributed by atoms with van der Waals surface area (Å²) in [6.07, 6.45) is 0. The van der Waals surface area contributed by atoms with Crippen LogP contribution >= 0.6 is 15.9 Å². The Morgan fingerprint density at radius 2 is 1.84 bits per heavy atom. The molecule has 0 atom stereocenters. The van der Waals surface area contributed by atoms with Crippen LogP contribution in [0.1, 0.15) is 5.76 Å². The molecule has 0 aliphatic rings. The van der Waals surface area contributed by atoms with Gasteiger partial charge in [-0.05, 0) is 52.3 Å². The number of rotatable bonds is 7. The molecule has 1 aromatic carbocycles. The molecular weight excluding hydrogens is 310 g/mol. The average Bonchev–Trinajstić information content (AvgIpc) is 2.85. The van der Waals surface area contributed by atoms with Crippen LogP contribution in [0.3, 0.4) is 0 Å². The van der Waals surface area contributed by atoms with E-state index in [1.165, 1.54) is 0 Å². The van der Waals surface area contributed by atoms with Crippen LogP contribution in [0.2, 0.25) is 0 Å². The Morgan fingerprint density at radius 1 is 1.11 bits per heavy atom. The first-order chi connectivity index (χ1) is 9.28. The third-order valence-corrected chi connectivity index (χ3v) is 2.96. The van der Waals surface area contributed by atoms with E-state index in [0.29, 0.717) is 13.2 Å². The van der Waals surface area contributed by atoms with Crippen LogP contribution in [-0.4, -0.2) is 20.3 Å². The lowest BCUT2D eigenvalue weighted by Gasteiger charge is -2.07. The van der Waals surface area contributed by atoms with Gasteiger partial charge in [-0.1, -0.05) is 0 Å². The molecular formula is C14H16BrNO3. The summed E-state index contributed by atoms with van der Waals surface area (Å²) in [6, 6.07) is 11.4. The van der Waals surface area contributed by atoms with E-state index in [-0.39, 0.29) is 0 Å². The number of benzene rings is 1. The van der Waals surface area contributed by atoms with Gasteiger partial charge >= 0.3 is 0 Å². The Labute approximate surface area is 120 Å². The fourth-order valence-electron chi connectivity index (χ4n) is 1.57. The van der Waals surface area contributed by atoms with E-state index >= 15 is 0 Å². The van der Waals surface area contributed by atoms with Crippen LogP contribution in [0.15, 0.2) is 45.5 Å². The second kappa shape index (κ2) is 7.21. The van der Waals surface area contributed by atoms with Crippen LogP contribution < -0.4 is 14.8 Å². The maximum Gasteiger partial charge on any atom is 0.169 e. The normalized spacial score (nSPS) is 10.4. The summed E-state index contributed by atoms with van der Waals surface area (Å²) in [5, 5.41) is 3.24. The smallest absolute Gasteiger partial charge is 0.169 e. The number of methoxy groups -OCH3 is 1. The van der Waals surface area contributed by atoms with E-state index in [0.717, 1.165) is 28.5 Å². The highest BCUT2D eigenvalue weighted by Gasteiger charge is 1.99. The topological polar surface area (TPSA) is 43.6 Å². The van der Waals surface area contributed by atoms with Crippen molar-refractivity contribution in [3.05, 3.63) is 46.8 Å². The Morgan fingerprint density at radius 3 is 2.47 bits per heavy atom. The standard InChI is InChI=1S/C14H16BrNO3/c1-17-11-2-4-12(5-3-11)18-9-8-16-10-13-6-7-14(15)19-13/h2-7,16H,8-10H2,1H3. The van der Waals surface area contributed by atoms with E-state index in [1.807, 2.05) is 36.4 Å². The predicted molar refractivity (Wildman–Crippen MR) is 76.6 cm³/mol. The first-order valence-electron chi connectivity index (χ1n) is 6.00. The summed E-state index contributed by atoms with van der Waals surface area (Å²) in [5.41, 5.74) is 0. The number of hydrogen-bond donors (Lipinski definition) is 1. The van der Waals surface area contributed by atoms with Gasteiger partial charge in [-0.2, -0.15) is 0 Å². The molecule has 4 nitrogen and oxygen atoms in total. The molecule has 0 amide bonds. The maximum atomic E-state index is 5.59. The molecule has 0 aliphatic carbocycles. The van der Waals surface area contributed by atoms with Crippen molar-refractivity contribution in [2.45, 2.75) is 6.54 Å². The predicted octanol–water partition coefficient (Wildman–Crippen LogP) is 3.22. The largest absolute Gasteiger partial charge is 0.497 e. The molecule has 102 valence electrons. The lowest BCUT2D eigenvalue weighted by atomic mass is 10.3. The molecule has 19 heavy (non-hydrogen) atoms. The van der Waals surface area contributed by atoms with Crippen molar-refractivity contribution in [2.75, 3.05) is 20.3 Å². The molecule has 1 aromatic heterocycles. The number of nitrogens with one attached hydrogen (secondary N) is 1. The second-order valence-electron chi connectivity index (χ2n) is 3.91. The summed E-state index contributed by atoms with van der Waals surface area (Å²) in [7, 11) is 1.65. The van der Waals surface area contributed by atoms with Gasteiger partial charge in [0.2, 0.25) is 0 Å². The van der Waals surface area contributed by atoms with E-state index in [9.17, 15) is 0 Å². The lowest BCUT2D eigenvalue weighted by molar-refractivity contribution is 0.310. The highest BCUT2D eigenvalue weighted by atomic mass is 79.9. The van der Waals surface area contributed by atoms with Crippen molar-refractivity contribution >= 4 is 15.9 Å².